The van der Waals surface area contributed by atoms with E-state index in [9.17, 15) is 4.39 Å². The van der Waals surface area contributed by atoms with Gasteiger partial charge in [-0.1, -0.05) is 18.2 Å². The van der Waals surface area contributed by atoms with Gasteiger partial charge in [0.15, 0.2) is 11.6 Å². The summed E-state index contributed by atoms with van der Waals surface area (Å²) in [7, 11) is 3.16. The lowest BCUT2D eigenvalue weighted by Gasteiger charge is -2.25. The van der Waals surface area contributed by atoms with Crippen LogP contribution >= 0.6 is 0 Å². The predicted octanol–water partition coefficient (Wildman–Crippen LogP) is 5.14. The number of nitrogens with zero attached hydrogens (tertiary/aromatic N) is 2. The van der Waals surface area contributed by atoms with Gasteiger partial charge in [0.2, 0.25) is 5.89 Å². The molecule has 1 atom stereocenters. The first-order valence-electron chi connectivity index (χ1n) is 9.78. The molecule has 2 heterocycles. The summed E-state index contributed by atoms with van der Waals surface area (Å²) in [6.45, 7) is 3.60. The fraction of sp³-hybridized carbons (Fsp3) is 0.348. The van der Waals surface area contributed by atoms with Gasteiger partial charge < -0.3 is 13.9 Å². The van der Waals surface area contributed by atoms with Gasteiger partial charge in [0.05, 0.1) is 19.9 Å². The summed E-state index contributed by atoms with van der Waals surface area (Å²) in [5, 5.41) is 0. The maximum atomic E-state index is 13.7. The molecule has 1 aliphatic rings. The standard InChI is InChI=1S/C23H25FN2O3/c1-15-19(25-23(29-15)16-10-11-18(24)22(13-16)28-3)14-26-12-6-8-20(26)17-7-4-5-9-21(17)27-2/h4-5,7,9-11,13,20H,6,8,12,14H2,1-3H3. The highest BCUT2D eigenvalue weighted by molar-refractivity contribution is 5.56. The molecular weight excluding hydrogens is 371 g/mol. The Bertz CT molecular complexity index is 1000. The van der Waals surface area contributed by atoms with E-state index in [1.807, 2.05) is 19.1 Å². The van der Waals surface area contributed by atoms with Gasteiger partial charge in [-0.3, -0.25) is 4.90 Å². The second-order valence-corrected chi connectivity index (χ2v) is 7.24. The largest absolute Gasteiger partial charge is 0.496 e. The molecule has 3 aromatic rings. The van der Waals surface area contributed by atoms with Crippen LogP contribution in [0.15, 0.2) is 46.9 Å². The highest BCUT2D eigenvalue weighted by Gasteiger charge is 2.29. The van der Waals surface area contributed by atoms with E-state index in [0.29, 0.717) is 18.0 Å². The van der Waals surface area contributed by atoms with E-state index in [4.69, 9.17) is 18.9 Å². The zero-order valence-corrected chi connectivity index (χ0v) is 16.9. The second kappa shape index (κ2) is 8.25. The monoisotopic (exact) mass is 396 g/mol. The average molecular weight is 396 g/mol. The molecule has 152 valence electrons. The number of methoxy groups -OCH3 is 2. The number of aryl methyl sites for hydroxylation is 1. The van der Waals surface area contributed by atoms with Crippen molar-refractivity contribution in [2.24, 2.45) is 0 Å². The summed E-state index contributed by atoms with van der Waals surface area (Å²) in [4.78, 5) is 7.12. The number of likely N-dealkylation sites (tertiary alicyclic amines) is 1. The van der Waals surface area contributed by atoms with Crippen molar-refractivity contribution in [1.29, 1.82) is 0 Å². The SMILES string of the molecule is COc1cc(-c2nc(CN3CCCC3c3ccccc3OC)c(C)o2)ccc1F. The van der Waals surface area contributed by atoms with Crippen molar-refractivity contribution in [3.05, 3.63) is 65.3 Å². The van der Waals surface area contributed by atoms with Gasteiger partial charge in [0.1, 0.15) is 11.5 Å². The summed E-state index contributed by atoms with van der Waals surface area (Å²) in [5.74, 6) is 1.94. The van der Waals surface area contributed by atoms with Gasteiger partial charge in [-0.15, -0.1) is 0 Å². The summed E-state index contributed by atoms with van der Waals surface area (Å²) >= 11 is 0. The number of ether oxygens (including phenoxy) is 2. The summed E-state index contributed by atoms with van der Waals surface area (Å²) in [6.07, 6.45) is 2.21. The van der Waals surface area contributed by atoms with Crippen molar-refractivity contribution in [3.63, 3.8) is 0 Å². The Labute approximate surface area is 170 Å². The molecule has 1 aliphatic heterocycles. The zero-order chi connectivity index (χ0) is 20.4. The van der Waals surface area contributed by atoms with Gasteiger partial charge in [-0.25, -0.2) is 9.37 Å². The first-order valence-corrected chi connectivity index (χ1v) is 9.78. The maximum absolute atomic E-state index is 13.7. The number of halogens is 1. The van der Waals surface area contributed by atoms with Crippen molar-refractivity contribution in [1.82, 2.24) is 9.88 Å². The molecule has 1 unspecified atom stereocenters. The van der Waals surface area contributed by atoms with Crippen LogP contribution in [0.25, 0.3) is 11.5 Å². The molecule has 0 radical (unpaired) electrons. The Kier molecular flexibility index (Phi) is 5.53. The highest BCUT2D eigenvalue weighted by Crippen LogP contribution is 2.38. The van der Waals surface area contributed by atoms with Crippen LogP contribution in [0.2, 0.25) is 0 Å². The van der Waals surface area contributed by atoms with Crippen molar-refractivity contribution in [3.8, 4) is 23.0 Å². The molecule has 0 amide bonds. The van der Waals surface area contributed by atoms with Gasteiger partial charge in [-0.05, 0) is 50.6 Å². The topological polar surface area (TPSA) is 47.7 Å². The minimum atomic E-state index is -0.406. The molecule has 6 heteroatoms. The quantitative estimate of drug-likeness (QED) is 0.577. The number of oxazole rings is 1. The van der Waals surface area contributed by atoms with Gasteiger partial charge in [-0.2, -0.15) is 0 Å². The summed E-state index contributed by atoms with van der Waals surface area (Å²) in [5.41, 5.74) is 2.79. The third-order valence-electron chi connectivity index (χ3n) is 5.51. The number of benzene rings is 2. The fourth-order valence-corrected chi connectivity index (χ4v) is 3.99. The third-order valence-corrected chi connectivity index (χ3v) is 5.51. The van der Waals surface area contributed by atoms with Gasteiger partial charge in [0.25, 0.3) is 0 Å². The number of para-hydroxylation sites is 1. The zero-order valence-electron chi connectivity index (χ0n) is 16.9. The van der Waals surface area contributed by atoms with Crippen LogP contribution in [0, 0.1) is 12.7 Å². The fourth-order valence-electron chi connectivity index (χ4n) is 3.99. The van der Waals surface area contributed by atoms with Crippen LogP contribution in [-0.2, 0) is 6.54 Å². The number of aromatic nitrogens is 1. The molecule has 1 fully saturated rings. The second-order valence-electron chi connectivity index (χ2n) is 7.24. The van der Waals surface area contributed by atoms with E-state index < -0.39 is 5.82 Å². The Morgan fingerprint density at radius 1 is 1.14 bits per heavy atom. The van der Waals surface area contributed by atoms with Crippen molar-refractivity contribution >= 4 is 0 Å². The van der Waals surface area contributed by atoms with Gasteiger partial charge >= 0.3 is 0 Å². The first-order chi connectivity index (χ1) is 14.1. The van der Waals surface area contributed by atoms with Crippen LogP contribution in [0.4, 0.5) is 4.39 Å². The molecule has 1 saturated heterocycles. The first kappa shape index (κ1) is 19.5. The molecular formula is C23H25FN2O3. The van der Waals surface area contributed by atoms with E-state index in [0.717, 1.165) is 36.6 Å². The molecule has 0 bridgehead atoms. The molecule has 29 heavy (non-hydrogen) atoms. The average Bonchev–Trinajstić information content (AvgIpc) is 3.35. The van der Waals surface area contributed by atoms with E-state index in [-0.39, 0.29) is 11.8 Å². The minimum absolute atomic E-state index is 0.177. The smallest absolute Gasteiger partial charge is 0.226 e. The molecule has 1 aromatic heterocycles. The highest BCUT2D eigenvalue weighted by atomic mass is 19.1. The minimum Gasteiger partial charge on any atom is -0.496 e. The predicted molar refractivity (Wildman–Crippen MR) is 109 cm³/mol. The molecule has 0 N–H and O–H groups in total. The number of hydrogen-bond acceptors (Lipinski definition) is 5. The molecule has 5 nitrogen and oxygen atoms in total. The lowest BCUT2D eigenvalue weighted by molar-refractivity contribution is 0.239. The van der Waals surface area contributed by atoms with Crippen LogP contribution < -0.4 is 9.47 Å². The van der Waals surface area contributed by atoms with E-state index in [1.54, 1.807) is 19.2 Å². The Morgan fingerprint density at radius 2 is 1.93 bits per heavy atom. The van der Waals surface area contributed by atoms with E-state index >= 15 is 0 Å². The number of hydrogen-bond donors (Lipinski definition) is 0. The van der Waals surface area contributed by atoms with Crippen LogP contribution in [0.3, 0.4) is 0 Å². The van der Waals surface area contributed by atoms with Gasteiger partial charge in [0, 0.05) is 23.7 Å². The maximum Gasteiger partial charge on any atom is 0.226 e. The Hall–Kier alpha value is -2.86. The van der Waals surface area contributed by atoms with Crippen molar-refractivity contribution in [2.45, 2.75) is 32.4 Å². The van der Waals surface area contributed by atoms with Crippen LogP contribution in [-0.4, -0.2) is 30.6 Å². The van der Waals surface area contributed by atoms with E-state index in [1.165, 1.54) is 18.7 Å². The number of rotatable bonds is 6. The molecule has 0 aliphatic carbocycles. The lowest BCUT2D eigenvalue weighted by atomic mass is 10.0. The third kappa shape index (κ3) is 3.85. The van der Waals surface area contributed by atoms with Crippen LogP contribution in [0.5, 0.6) is 11.5 Å². The molecule has 0 saturated carbocycles. The van der Waals surface area contributed by atoms with Crippen molar-refractivity contribution < 1.29 is 18.3 Å². The summed E-state index contributed by atoms with van der Waals surface area (Å²) in [6, 6.07) is 13.1. The van der Waals surface area contributed by atoms with Crippen molar-refractivity contribution in [2.75, 3.05) is 20.8 Å². The molecule has 0 spiro atoms. The lowest BCUT2D eigenvalue weighted by Crippen LogP contribution is -2.23. The van der Waals surface area contributed by atoms with Crippen LogP contribution in [0.1, 0.15) is 35.9 Å². The molecule has 4 rings (SSSR count). The molecule has 2 aromatic carbocycles. The Morgan fingerprint density at radius 3 is 2.72 bits per heavy atom. The Balaban J connectivity index is 1.58. The normalized spacial score (nSPS) is 16.9. The summed E-state index contributed by atoms with van der Waals surface area (Å²) < 4.78 is 30.3. The van der Waals surface area contributed by atoms with E-state index in [2.05, 4.69) is 17.0 Å².